The second-order valence-electron chi connectivity index (χ2n) is 7.93. The molecule has 4 rings (SSSR count). The molecule has 2 aliphatic rings. The van der Waals surface area contributed by atoms with Gasteiger partial charge in [-0.25, -0.2) is 8.42 Å². The lowest BCUT2D eigenvalue weighted by Gasteiger charge is -2.40. The maximum absolute atomic E-state index is 13.4. The summed E-state index contributed by atoms with van der Waals surface area (Å²) in [5, 5.41) is 0. The average Bonchev–Trinajstić information content (AvgIpc) is 2.81. The molecule has 7 nitrogen and oxygen atoms in total. The number of rotatable bonds is 6. The summed E-state index contributed by atoms with van der Waals surface area (Å²) in [5.41, 5.74) is 1.73. The van der Waals surface area contributed by atoms with E-state index in [4.69, 9.17) is 4.74 Å². The summed E-state index contributed by atoms with van der Waals surface area (Å²) in [6, 6.07) is 18.6. The number of benzene rings is 2. The lowest BCUT2D eigenvalue weighted by molar-refractivity contribution is -0.142. The van der Waals surface area contributed by atoms with Gasteiger partial charge in [0.2, 0.25) is 15.9 Å². The van der Waals surface area contributed by atoms with Gasteiger partial charge in [-0.2, -0.15) is 4.31 Å². The smallest absolute Gasteiger partial charge is 0.244 e. The molecule has 166 valence electrons. The number of amides is 1. The Morgan fingerprint density at radius 2 is 1.42 bits per heavy atom. The van der Waals surface area contributed by atoms with E-state index in [0.717, 1.165) is 11.1 Å². The first-order valence-electron chi connectivity index (χ1n) is 10.7. The molecule has 0 bridgehead atoms. The van der Waals surface area contributed by atoms with Gasteiger partial charge < -0.3 is 9.64 Å². The van der Waals surface area contributed by atoms with Gasteiger partial charge in [-0.1, -0.05) is 60.7 Å². The normalized spacial score (nSPS) is 19.8. The zero-order chi connectivity index (χ0) is 21.7. The van der Waals surface area contributed by atoms with Gasteiger partial charge in [-0.3, -0.25) is 9.69 Å². The standard InChI is InChI=1S/C23H29N3O4S/c27-23(25-15-17-30-18-16-25)22(21-9-5-2-6-10-21)24-11-13-26(14-12-24)31(28,29)19-20-7-3-1-4-8-20/h1-10,22H,11-19H2. The Hall–Kier alpha value is -2.26. The first-order chi connectivity index (χ1) is 15.0. The van der Waals surface area contributed by atoms with Crippen molar-refractivity contribution in [3.8, 4) is 0 Å². The third kappa shape index (κ3) is 5.33. The summed E-state index contributed by atoms with van der Waals surface area (Å²) in [6.45, 7) is 4.09. The van der Waals surface area contributed by atoms with Gasteiger partial charge in [0.05, 0.1) is 19.0 Å². The molecular formula is C23H29N3O4S. The summed E-state index contributed by atoms with van der Waals surface area (Å²) in [5.74, 6) is 0.0675. The quantitative estimate of drug-likeness (QED) is 0.680. The Morgan fingerprint density at radius 1 is 0.839 bits per heavy atom. The van der Waals surface area contributed by atoms with Crippen LogP contribution in [-0.2, 0) is 25.3 Å². The van der Waals surface area contributed by atoms with Crippen LogP contribution in [0.5, 0.6) is 0 Å². The van der Waals surface area contributed by atoms with E-state index in [9.17, 15) is 13.2 Å². The van der Waals surface area contributed by atoms with Crippen molar-refractivity contribution in [2.45, 2.75) is 11.8 Å². The molecule has 0 aliphatic carbocycles. The van der Waals surface area contributed by atoms with E-state index in [0.29, 0.717) is 52.5 Å². The van der Waals surface area contributed by atoms with E-state index in [2.05, 4.69) is 4.90 Å². The van der Waals surface area contributed by atoms with Crippen LogP contribution in [0.25, 0.3) is 0 Å². The third-order valence-corrected chi connectivity index (χ3v) is 7.75. The van der Waals surface area contributed by atoms with E-state index in [1.54, 1.807) is 4.31 Å². The molecule has 2 saturated heterocycles. The second kappa shape index (κ2) is 9.91. The highest BCUT2D eigenvalue weighted by Crippen LogP contribution is 2.26. The molecule has 2 fully saturated rings. The van der Waals surface area contributed by atoms with Crippen molar-refractivity contribution in [1.29, 1.82) is 0 Å². The lowest BCUT2D eigenvalue weighted by Crippen LogP contribution is -2.54. The molecule has 1 atom stereocenters. The monoisotopic (exact) mass is 443 g/mol. The molecule has 2 aromatic rings. The molecule has 0 aromatic heterocycles. The van der Waals surface area contributed by atoms with E-state index >= 15 is 0 Å². The zero-order valence-corrected chi connectivity index (χ0v) is 18.4. The van der Waals surface area contributed by atoms with Crippen molar-refractivity contribution in [3.05, 3.63) is 71.8 Å². The molecule has 2 aliphatic heterocycles. The topological polar surface area (TPSA) is 70.2 Å². The highest BCUT2D eigenvalue weighted by molar-refractivity contribution is 7.88. The Kier molecular flexibility index (Phi) is 7.02. The summed E-state index contributed by atoms with van der Waals surface area (Å²) >= 11 is 0. The van der Waals surface area contributed by atoms with Crippen LogP contribution in [0.3, 0.4) is 0 Å². The van der Waals surface area contributed by atoms with E-state index < -0.39 is 16.1 Å². The number of sulfonamides is 1. The van der Waals surface area contributed by atoms with E-state index in [-0.39, 0.29) is 11.7 Å². The fraction of sp³-hybridized carbons (Fsp3) is 0.435. The van der Waals surface area contributed by atoms with Crippen LogP contribution < -0.4 is 0 Å². The highest BCUT2D eigenvalue weighted by atomic mass is 32.2. The molecule has 8 heteroatoms. The largest absolute Gasteiger partial charge is 0.378 e. The van der Waals surface area contributed by atoms with Gasteiger partial charge >= 0.3 is 0 Å². The van der Waals surface area contributed by atoms with Crippen LogP contribution in [0.1, 0.15) is 17.2 Å². The molecule has 0 saturated carbocycles. The Labute approximate surface area is 184 Å². The molecule has 0 radical (unpaired) electrons. The number of piperazine rings is 1. The molecule has 2 aromatic carbocycles. The predicted molar refractivity (Wildman–Crippen MR) is 119 cm³/mol. The molecular weight excluding hydrogens is 414 g/mol. The third-order valence-electron chi connectivity index (χ3n) is 5.90. The number of carbonyl (C=O) groups excluding carboxylic acids is 1. The average molecular weight is 444 g/mol. The summed E-state index contributed by atoms with van der Waals surface area (Å²) < 4.78 is 32.8. The lowest BCUT2D eigenvalue weighted by atomic mass is 10.0. The van der Waals surface area contributed by atoms with Crippen LogP contribution in [0.2, 0.25) is 0 Å². The number of hydrogen-bond acceptors (Lipinski definition) is 5. The number of morpholine rings is 1. The van der Waals surface area contributed by atoms with Crippen molar-refractivity contribution < 1.29 is 17.9 Å². The number of hydrogen-bond donors (Lipinski definition) is 0. The van der Waals surface area contributed by atoms with Crippen LogP contribution in [0.15, 0.2) is 60.7 Å². The SMILES string of the molecule is O=C(C(c1ccccc1)N1CCN(S(=O)(=O)Cc2ccccc2)CC1)N1CCOCC1. The van der Waals surface area contributed by atoms with Crippen molar-refractivity contribution in [3.63, 3.8) is 0 Å². The van der Waals surface area contributed by atoms with Gasteiger partial charge in [-0.05, 0) is 11.1 Å². The summed E-state index contributed by atoms with van der Waals surface area (Å²) in [6.07, 6.45) is 0. The minimum absolute atomic E-state index is 0.00264. The van der Waals surface area contributed by atoms with Gasteiger partial charge in [0.15, 0.2) is 0 Å². The molecule has 1 amide bonds. The first-order valence-corrected chi connectivity index (χ1v) is 12.3. The van der Waals surface area contributed by atoms with Crippen LogP contribution >= 0.6 is 0 Å². The van der Waals surface area contributed by atoms with Crippen molar-refractivity contribution in [1.82, 2.24) is 14.1 Å². The van der Waals surface area contributed by atoms with Crippen LogP contribution in [0, 0.1) is 0 Å². The Morgan fingerprint density at radius 3 is 2.03 bits per heavy atom. The Bertz CT molecular complexity index is 955. The van der Waals surface area contributed by atoms with Crippen molar-refractivity contribution in [2.24, 2.45) is 0 Å². The van der Waals surface area contributed by atoms with Crippen molar-refractivity contribution in [2.75, 3.05) is 52.5 Å². The highest BCUT2D eigenvalue weighted by Gasteiger charge is 2.36. The zero-order valence-electron chi connectivity index (χ0n) is 17.6. The molecule has 0 spiro atoms. The van der Waals surface area contributed by atoms with E-state index in [1.807, 2.05) is 65.6 Å². The van der Waals surface area contributed by atoms with Gasteiger partial charge in [0.1, 0.15) is 6.04 Å². The minimum Gasteiger partial charge on any atom is -0.378 e. The first kappa shape index (κ1) is 22.0. The van der Waals surface area contributed by atoms with Gasteiger partial charge in [-0.15, -0.1) is 0 Å². The fourth-order valence-corrected chi connectivity index (χ4v) is 5.73. The van der Waals surface area contributed by atoms with Gasteiger partial charge in [0, 0.05) is 39.3 Å². The second-order valence-corrected chi connectivity index (χ2v) is 9.90. The number of carbonyl (C=O) groups is 1. The maximum atomic E-state index is 13.4. The molecule has 31 heavy (non-hydrogen) atoms. The number of ether oxygens (including phenoxy) is 1. The maximum Gasteiger partial charge on any atom is 0.244 e. The molecule has 1 unspecified atom stereocenters. The number of nitrogens with zero attached hydrogens (tertiary/aromatic N) is 3. The fourth-order valence-electron chi connectivity index (χ4n) is 4.22. The molecule has 2 heterocycles. The van der Waals surface area contributed by atoms with Crippen LogP contribution in [0.4, 0.5) is 0 Å². The Balaban J connectivity index is 1.46. The summed E-state index contributed by atoms with van der Waals surface area (Å²) in [4.78, 5) is 17.4. The predicted octanol–water partition coefficient (Wildman–Crippen LogP) is 1.73. The van der Waals surface area contributed by atoms with Gasteiger partial charge in [0.25, 0.3) is 0 Å². The van der Waals surface area contributed by atoms with Crippen molar-refractivity contribution >= 4 is 15.9 Å². The van der Waals surface area contributed by atoms with E-state index in [1.165, 1.54) is 0 Å². The molecule has 0 N–H and O–H groups in total. The van der Waals surface area contributed by atoms with Crippen LogP contribution in [-0.4, -0.2) is 80.9 Å². The summed E-state index contributed by atoms with van der Waals surface area (Å²) in [7, 11) is -3.40. The minimum atomic E-state index is -3.40.